The molecule has 1 aliphatic rings. The Hall–Kier alpha value is -2.73. The molecule has 31 heavy (non-hydrogen) atoms. The first kappa shape index (κ1) is 22.9. The van der Waals surface area contributed by atoms with E-state index in [4.69, 9.17) is 5.73 Å². The van der Waals surface area contributed by atoms with E-state index < -0.39 is 5.82 Å². The van der Waals surface area contributed by atoms with Gasteiger partial charge in [-0.1, -0.05) is 49.9 Å². The first-order chi connectivity index (χ1) is 15.1. The van der Waals surface area contributed by atoms with Gasteiger partial charge in [-0.25, -0.2) is 4.39 Å². The zero-order valence-electron chi connectivity index (χ0n) is 18.0. The first-order valence-electron chi connectivity index (χ1n) is 11.2. The van der Waals surface area contributed by atoms with E-state index in [1.54, 1.807) is 11.0 Å². The van der Waals surface area contributed by atoms with Crippen molar-refractivity contribution in [3.63, 3.8) is 0 Å². The van der Waals surface area contributed by atoms with Crippen LogP contribution in [0.15, 0.2) is 48.5 Å². The van der Waals surface area contributed by atoms with Crippen LogP contribution in [0.4, 0.5) is 10.1 Å². The maximum atomic E-state index is 13.6. The fraction of sp³-hybridized carbons (Fsp3) is 0.440. The molecule has 0 atom stereocenters. The third-order valence-corrected chi connectivity index (χ3v) is 5.90. The van der Waals surface area contributed by atoms with Gasteiger partial charge >= 0.3 is 0 Å². The lowest BCUT2D eigenvalue weighted by Crippen LogP contribution is -2.33. The van der Waals surface area contributed by atoms with Gasteiger partial charge in [0.1, 0.15) is 5.82 Å². The normalized spacial score (nSPS) is 13.9. The number of benzene rings is 2. The third-order valence-electron chi connectivity index (χ3n) is 5.90. The lowest BCUT2D eigenvalue weighted by atomic mass is 10.0. The molecule has 166 valence electrons. The Morgan fingerprint density at radius 2 is 1.87 bits per heavy atom. The second kappa shape index (κ2) is 11.6. The molecule has 2 aromatic rings. The Balaban J connectivity index is 1.69. The van der Waals surface area contributed by atoms with Gasteiger partial charge in [-0.2, -0.15) is 0 Å². The minimum Gasteiger partial charge on any atom is -0.334 e. The Morgan fingerprint density at radius 3 is 2.61 bits per heavy atom. The predicted molar refractivity (Wildman–Crippen MR) is 121 cm³/mol. The Morgan fingerprint density at radius 1 is 1.10 bits per heavy atom. The number of hydrogen-bond acceptors (Lipinski definition) is 3. The van der Waals surface area contributed by atoms with Gasteiger partial charge in [0.25, 0.3) is 5.91 Å². The standard InChI is InChI=1S/C25H32FN3O2/c26-22-11-5-10-20(17-22)25(31)29(16-6-15-27)18-21-9-3-4-12-23(21)28-24(30)14-13-19-7-1-2-8-19/h3-5,9-12,17,19H,1-2,6-8,13-16,18,27H2,(H,28,30). The van der Waals surface area contributed by atoms with E-state index in [2.05, 4.69) is 5.32 Å². The smallest absolute Gasteiger partial charge is 0.254 e. The Kier molecular flexibility index (Phi) is 8.59. The SMILES string of the molecule is NCCCN(Cc1ccccc1NC(=O)CCC1CCCC1)C(=O)c1cccc(F)c1. The van der Waals surface area contributed by atoms with E-state index in [0.29, 0.717) is 49.6 Å². The topological polar surface area (TPSA) is 75.4 Å². The van der Waals surface area contributed by atoms with E-state index in [1.165, 1.54) is 43.9 Å². The molecule has 2 aromatic carbocycles. The summed E-state index contributed by atoms with van der Waals surface area (Å²) in [5, 5.41) is 3.02. The highest BCUT2D eigenvalue weighted by atomic mass is 19.1. The zero-order valence-corrected chi connectivity index (χ0v) is 18.0. The Bertz CT molecular complexity index is 881. The molecule has 1 aliphatic carbocycles. The number of rotatable bonds is 10. The second-order valence-corrected chi connectivity index (χ2v) is 8.27. The Labute approximate surface area is 183 Å². The number of carbonyl (C=O) groups is 2. The summed E-state index contributed by atoms with van der Waals surface area (Å²) >= 11 is 0. The maximum Gasteiger partial charge on any atom is 0.254 e. The van der Waals surface area contributed by atoms with Crippen molar-refractivity contribution < 1.29 is 14.0 Å². The monoisotopic (exact) mass is 425 g/mol. The lowest BCUT2D eigenvalue weighted by Gasteiger charge is -2.24. The number of carbonyl (C=O) groups excluding carboxylic acids is 2. The number of nitrogens with zero attached hydrogens (tertiary/aromatic N) is 1. The highest BCUT2D eigenvalue weighted by Gasteiger charge is 2.19. The molecule has 3 rings (SSSR count). The van der Waals surface area contributed by atoms with Crippen LogP contribution >= 0.6 is 0 Å². The van der Waals surface area contributed by atoms with Crippen LogP contribution in [0.5, 0.6) is 0 Å². The number of anilines is 1. The molecule has 0 spiro atoms. The summed E-state index contributed by atoms with van der Waals surface area (Å²) in [5.41, 5.74) is 7.52. The van der Waals surface area contributed by atoms with Gasteiger partial charge in [-0.05, 0) is 55.1 Å². The molecule has 0 aliphatic heterocycles. The number of halogens is 1. The van der Waals surface area contributed by atoms with Crippen molar-refractivity contribution in [1.82, 2.24) is 4.90 Å². The van der Waals surface area contributed by atoms with Gasteiger partial charge in [-0.3, -0.25) is 9.59 Å². The van der Waals surface area contributed by atoms with Crippen molar-refractivity contribution in [1.29, 1.82) is 0 Å². The van der Waals surface area contributed by atoms with Crippen LogP contribution in [0.3, 0.4) is 0 Å². The number of nitrogens with one attached hydrogen (secondary N) is 1. The summed E-state index contributed by atoms with van der Waals surface area (Å²) in [6, 6.07) is 13.2. The summed E-state index contributed by atoms with van der Waals surface area (Å²) in [7, 11) is 0. The lowest BCUT2D eigenvalue weighted by molar-refractivity contribution is -0.116. The first-order valence-corrected chi connectivity index (χ1v) is 11.2. The minimum absolute atomic E-state index is 0.00400. The summed E-state index contributed by atoms with van der Waals surface area (Å²) in [6.07, 6.45) is 7.06. The molecule has 0 radical (unpaired) electrons. The predicted octanol–water partition coefficient (Wildman–Crippen LogP) is 4.73. The summed E-state index contributed by atoms with van der Waals surface area (Å²) in [5.74, 6) is -0.0317. The van der Waals surface area contributed by atoms with Crippen LogP contribution < -0.4 is 11.1 Å². The molecule has 1 fully saturated rings. The molecule has 1 saturated carbocycles. The van der Waals surface area contributed by atoms with Crippen molar-refractivity contribution in [2.75, 3.05) is 18.4 Å². The van der Waals surface area contributed by atoms with Crippen molar-refractivity contribution in [3.8, 4) is 0 Å². The minimum atomic E-state index is -0.445. The number of nitrogens with two attached hydrogens (primary N) is 1. The summed E-state index contributed by atoms with van der Waals surface area (Å²) < 4.78 is 13.6. The van der Waals surface area contributed by atoms with E-state index in [1.807, 2.05) is 24.3 Å². The second-order valence-electron chi connectivity index (χ2n) is 8.27. The van der Waals surface area contributed by atoms with Crippen LogP contribution in [-0.2, 0) is 11.3 Å². The average molecular weight is 426 g/mol. The molecule has 6 heteroatoms. The fourth-order valence-electron chi connectivity index (χ4n) is 4.17. The van der Waals surface area contributed by atoms with Gasteiger partial charge in [0.15, 0.2) is 0 Å². The number of amides is 2. The van der Waals surface area contributed by atoms with Crippen molar-refractivity contribution in [2.45, 2.75) is 51.5 Å². The summed E-state index contributed by atoms with van der Waals surface area (Å²) in [6.45, 7) is 1.22. The van der Waals surface area contributed by atoms with Gasteiger partial charge in [0.2, 0.25) is 5.91 Å². The highest BCUT2D eigenvalue weighted by molar-refractivity contribution is 5.94. The van der Waals surface area contributed by atoms with Crippen LogP contribution in [0.2, 0.25) is 0 Å². The summed E-state index contributed by atoms with van der Waals surface area (Å²) in [4.78, 5) is 27.2. The molecule has 0 unspecified atom stereocenters. The van der Waals surface area contributed by atoms with Crippen LogP contribution in [0.1, 0.15) is 60.9 Å². The fourth-order valence-corrected chi connectivity index (χ4v) is 4.17. The molecule has 0 aromatic heterocycles. The van der Waals surface area contributed by atoms with Gasteiger partial charge in [0, 0.05) is 30.8 Å². The van der Waals surface area contributed by atoms with E-state index in [-0.39, 0.29) is 11.8 Å². The number of hydrogen-bond donors (Lipinski definition) is 2. The van der Waals surface area contributed by atoms with Gasteiger partial charge in [-0.15, -0.1) is 0 Å². The molecule has 0 heterocycles. The molecule has 0 saturated heterocycles. The van der Waals surface area contributed by atoms with Crippen LogP contribution in [-0.4, -0.2) is 29.8 Å². The van der Waals surface area contributed by atoms with Crippen molar-refractivity contribution in [3.05, 3.63) is 65.5 Å². The van der Waals surface area contributed by atoms with Crippen molar-refractivity contribution >= 4 is 17.5 Å². The van der Waals surface area contributed by atoms with E-state index in [9.17, 15) is 14.0 Å². The maximum absolute atomic E-state index is 13.6. The highest BCUT2D eigenvalue weighted by Crippen LogP contribution is 2.29. The molecule has 2 amide bonds. The molecular formula is C25H32FN3O2. The number of para-hydroxylation sites is 1. The van der Waals surface area contributed by atoms with Crippen LogP contribution in [0, 0.1) is 11.7 Å². The largest absolute Gasteiger partial charge is 0.334 e. The molecule has 3 N–H and O–H groups in total. The van der Waals surface area contributed by atoms with Gasteiger partial charge < -0.3 is 16.0 Å². The molecule has 0 bridgehead atoms. The van der Waals surface area contributed by atoms with Gasteiger partial charge in [0.05, 0.1) is 0 Å². The molecule has 5 nitrogen and oxygen atoms in total. The quantitative estimate of drug-likeness (QED) is 0.578. The average Bonchev–Trinajstić information content (AvgIpc) is 3.29. The molecular weight excluding hydrogens is 393 g/mol. The zero-order chi connectivity index (χ0) is 22.1. The van der Waals surface area contributed by atoms with E-state index >= 15 is 0 Å². The van der Waals surface area contributed by atoms with E-state index in [0.717, 1.165) is 12.0 Å². The third kappa shape index (κ3) is 6.89. The van der Waals surface area contributed by atoms with Crippen molar-refractivity contribution in [2.24, 2.45) is 11.7 Å². The van der Waals surface area contributed by atoms with Crippen LogP contribution in [0.25, 0.3) is 0 Å².